The molecule has 0 bridgehead atoms. The average Bonchev–Trinajstić information content (AvgIpc) is 2.16. The summed E-state index contributed by atoms with van der Waals surface area (Å²) in [5, 5.41) is 10.9. The Bertz CT molecular complexity index is 262. The summed E-state index contributed by atoms with van der Waals surface area (Å²) in [7, 11) is 0. The van der Waals surface area contributed by atoms with E-state index < -0.39 is 0 Å². The van der Waals surface area contributed by atoms with Crippen LogP contribution in [-0.4, -0.2) is 11.0 Å². The second-order valence-electron chi connectivity index (χ2n) is 4.76. The molecule has 2 aliphatic carbocycles. The maximum absolute atomic E-state index is 10.9. The third-order valence-electron chi connectivity index (χ3n) is 3.74. The molecule has 14 heavy (non-hydrogen) atoms. The first kappa shape index (κ1) is 9.69. The molecule has 3 nitrogen and oxygen atoms in total. The van der Waals surface area contributed by atoms with Gasteiger partial charge in [-0.3, -0.25) is 10.1 Å². The number of hydrogen-bond acceptors (Lipinski definition) is 2. The molecule has 0 heterocycles. The molecule has 0 amide bonds. The van der Waals surface area contributed by atoms with Crippen molar-refractivity contribution in [2.24, 2.45) is 17.8 Å². The van der Waals surface area contributed by atoms with Gasteiger partial charge in [0.05, 0.1) is 0 Å². The molecule has 0 radical (unpaired) electrons. The Kier molecular flexibility index (Phi) is 2.57. The van der Waals surface area contributed by atoms with E-state index in [1.807, 2.05) is 6.08 Å². The average molecular weight is 195 g/mol. The van der Waals surface area contributed by atoms with E-state index in [0.29, 0.717) is 24.2 Å². The van der Waals surface area contributed by atoms with Crippen LogP contribution in [0.25, 0.3) is 0 Å². The fourth-order valence-electron chi connectivity index (χ4n) is 2.94. The number of nitro groups is 1. The standard InChI is InChI=1S/C11H17NO2/c1-8-5-6-9-3-2-4-11(12(13)14)10(9)7-8/h2-3,8-11H,4-7H2,1H3/t8-,9-,10+,11+/m1/s1. The van der Waals surface area contributed by atoms with E-state index in [2.05, 4.69) is 13.0 Å². The van der Waals surface area contributed by atoms with Crippen molar-refractivity contribution in [3.05, 3.63) is 22.3 Å². The minimum atomic E-state index is -0.312. The van der Waals surface area contributed by atoms with Gasteiger partial charge in [0.1, 0.15) is 0 Å². The van der Waals surface area contributed by atoms with E-state index in [9.17, 15) is 10.1 Å². The minimum Gasteiger partial charge on any atom is -0.264 e. The van der Waals surface area contributed by atoms with E-state index >= 15 is 0 Å². The second kappa shape index (κ2) is 3.71. The van der Waals surface area contributed by atoms with Gasteiger partial charge >= 0.3 is 0 Å². The molecule has 2 rings (SSSR count). The Morgan fingerprint density at radius 1 is 1.43 bits per heavy atom. The van der Waals surface area contributed by atoms with Crippen molar-refractivity contribution in [1.29, 1.82) is 0 Å². The van der Waals surface area contributed by atoms with Gasteiger partial charge in [0.15, 0.2) is 0 Å². The van der Waals surface area contributed by atoms with Gasteiger partial charge in [-0.25, -0.2) is 0 Å². The van der Waals surface area contributed by atoms with Crippen molar-refractivity contribution in [2.45, 2.75) is 38.6 Å². The Balaban J connectivity index is 2.14. The van der Waals surface area contributed by atoms with E-state index in [1.165, 1.54) is 6.42 Å². The monoisotopic (exact) mass is 195 g/mol. The van der Waals surface area contributed by atoms with Crippen molar-refractivity contribution >= 4 is 0 Å². The highest BCUT2D eigenvalue weighted by Crippen LogP contribution is 2.40. The minimum absolute atomic E-state index is 0.0702. The molecule has 0 unspecified atom stereocenters. The molecule has 0 N–H and O–H groups in total. The van der Waals surface area contributed by atoms with Crippen LogP contribution in [0.15, 0.2) is 12.2 Å². The molecule has 0 aromatic rings. The number of rotatable bonds is 1. The van der Waals surface area contributed by atoms with Gasteiger partial charge in [0.25, 0.3) is 0 Å². The molecule has 3 heteroatoms. The van der Waals surface area contributed by atoms with Crippen molar-refractivity contribution in [2.75, 3.05) is 0 Å². The van der Waals surface area contributed by atoms with Crippen LogP contribution in [0.5, 0.6) is 0 Å². The maximum atomic E-state index is 10.9. The summed E-state index contributed by atoms with van der Waals surface area (Å²) in [5.41, 5.74) is 0. The third kappa shape index (κ3) is 1.68. The van der Waals surface area contributed by atoms with E-state index in [1.54, 1.807) is 0 Å². The largest absolute Gasteiger partial charge is 0.264 e. The molecule has 0 aliphatic heterocycles. The molecule has 0 spiro atoms. The first-order chi connectivity index (χ1) is 6.68. The summed E-state index contributed by atoms with van der Waals surface area (Å²) < 4.78 is 0. The second-order valence-corrected chi connectivity index (χ2v) is 4.76. The maximum Gasteiger partial charge on any atom is 0.219 e. The predicted octanol–water partition coefficient (Wildman–Crippen LogP) is 2.64. The quantitative estimate of drug-likeness (QED) is 0.367. The normalized spacial score (nSPS) is 41.8. The number of nitrogens with zero attached hydrogens (tertiary/aromatic N) is 1. The van der Waals surface area contributed by atoms with Crippen LogP contribution < -0.4 is 0 Å². The SMILES string of the molecule is C[C@@H]1CC[C@H]2C=CC[C@H]([N+](=O)[O-])[C@H]2C1. The first-order valence-corrected chi connectivity index (χ1v) is 5.48. The van der Waals surface area contributed by atoms with Gasteiger partial charge in [-0.1, -0.05) is 25.5 Å². The molecule has 78 valence electrons. The lowest BCUT2D eigenvalue weighted by atomic mass is 9.68. The lowest BCUT2D eigenvalue weighted by Crippen LogP contribution is -2.39. The highest BCUT2D eigenvalue weighted by atomic mass is 16.6. The molecule has 1 fully saturated rings. The lowest BCUT2D eigenvalue weighted by molar-refractivity contribution is -0.535. The molecule has 2 aliphatic rings. The van der Waals surface area contributed by atoms with Crippen molar-refractivity contribution in [1.82, 2.24) is 0 Å². The van der Waals surface area contributed by atoms with Crippen LogP contribution in [0.3, 0.4) is 0 Å². The van der Waals surface area contributed by atoms with Crippen LogP contribution in [-0.2, 0) is 0 Å². The molecule has 0 aromatic heterocycles. The van der Waals surface area contributed by atoms with Crippen molar-refractivity contribution < 1.29 is 4.92 Å². The Morgan fingerprint density at radius 3 is 2.93 bits per heavy atom. The lowest BCUT2D eigenvalue weighted by Gasteiger charge is -2.36. The zero-order valence-corrected chi connectivity index (χ0v) is 8.56. The highest BCUT2D eigenvalue weighted by Gasteiger charge is 2.40. The molecular formula is C11H17NO2. The smallest absolute Gasteiger partial charge is 0.219 e. The van der Waals surface area contributed by atoms with Crippen LogP contribution in [0.4, 0.5) is 0 Å². The van der Waals surface area contributed by atoms with Gasteiger partial charge in [0, 0.05) is 17.3 Å². The van der Waals surface area contributed by atoms with E-state index in [0.717, 1.165) is 12.8 Å². The molecule has 0 aromatic carbocycles. The summed E-state index contributed by atoms with van der Waals surface area (Å²) >= 11 is 0. The summed E-state index contributed by atoms with van der Waals surface area (Å²) in [5.74, 6) is 1.46. The zero-order chi connectivity index (χ0) is 10.1. The summed E-state index contributed by atoms with van der Waals surface area (Å²) in [6, 6.07) is -0.312. The van der Waals surface area contributed by atoms with E-state index in [-0.39, 0.29) is 11.0 Å². The van der Waals surface area contributed by atoms with Gasteiger partial charge < -0.3 is 0 Å². The van der Waals surface area contributed by atoms with Crippen molar-refractivity contribution in [3.63, 3.8) is 0 Å². The summed E-state index contributed by atoms with van der Waals surface area (Å²) in [4.78, 5) is 10.8. The van der Waals surface area contributed by atoms with Crippen LogP contribution in [0.1, 0.15) is 32.6 Å². The molecular weight excluding hydrogens is 178 g/mol. The number of hydrogen-bond donors (Lipinski definition) is 0. The topological polar surface area (TPSA) is 43.1 Å². The van der Waals surface area contributed by atoms with Gasteiger partial charge in [0.2, 0.25) is 6.04 Å². The predicted molar refractivity (Wildman–Crippen MR) is 54.5 cm³/mol. The summed E-state index contributed by atoms with van der Waals surface area (Å²) in [6.45, 7) is 2.21. The Labute approximate surface area is 84.3 Å². The van der Waals surface area contributed by atoms with Gasteiger partial charge in [-0.15, -0.1) is 0 Å². The van der Waals surface area contributed by atoms with Crippen LogP contribution in [0, 0.1) is 27.9 Å². The summed E-state index contributed by atoms with van der Waals surface area (Å²) in [6.07, 6.45) is 8.27. The Hall–Kier alpha value is -0.860. The van der Waals surface area contributed by atoms with Gasteiger partial charge in [-0.2, -0.15) is 0 Å². The first-order valence-electron chi connectivity index (χ1n) is 5.48. The van der Waals surface area contributed by atoms with Crippen LogP contribution >= 0.6 is 0 Å². The highest BCUT2D eigenvalue weighted by molar-refractivity contribution is 5.03. The van der Waals surface area contributed by atoms with E-state index in [4.69, 9.17) is 0 Å². The van der Waals surface area contributed by atoms with Crippen molar-refractivity contribution in [3.8, 4) is 0 Å². The van der Waals surface area contributed by atoms with Gasteiger partial charge in [-0.05, 0) is 24.7 Å². The number of allylic oxidation sites excluding steroid dienone is 1. The molecule has 4 atom stereocenters. The molecule has 0 saturated heterocycles. The van der Waals surface area contributed by atoms with Crippen LogP contribution in [0.2, 0.25) is 0 Å². The Morgan fingerprint density at radius 2 is 2.21 bits per heavy atom. The number of fused-ring (bicyclic) bond motifs is 1. The fraction of sp³-hybridized carbons (Fsp3) is 0.818. The fourth-order valence-corrected chi connectivity index (χ4v) is 2.94. The zero-order valence-electron chi connectivity index (χ0n) is 8.56. The molecule has 1 saturated carbocycles. The third-order valence-corrected chi connectivity index (χ3v) is 3.74.